The van der Waals surface area contributed by atoms with Crippen LogP contribution in [0.3, 0.4) is 0 Å². The number of anilines is 1. The van der Waals surface area contributed by atoms with Gasteiger partial charge in [0.05, 0.1) is 18.0 Å². The van der Waals surface area contributed by atoms with E-state index < -0.39 is 27.9 Å². The zero-order valence-corrected chi connectivity index (χ0v) is 14.2. The van der Waals surface area contributed by atoms with Crippen molar-refractivity contribution in [2.24, 2.45) is 0 Å². The summed E-state index contributed by atoms with van der Waals surface area (Å²) in [5.74, 6) is 0. The lowest BCUT2D eigenvalue weighted by Crippen LogP contribution is -2.27. The highest BCUT2D eigenvalue weighted by Gasteiger charge is 2.18. The number of hydrogen-bond acceptors (Lipinski definition) is 6. The summed E-state index contributed by atoms with van der Waals surface area (Å²) in [5, 5.41) is 2.63. The fourth-order valence-electron chi connectivity index (χ4n) is 1.77. The van der Waals surface area contributed by atoms with Gasteiger partial charge in [0, 0.05) is 18.8 Å². The quantitative estimate of drug-likeness (QED) is 0.833. The van der Waals surface area contributed by atoms with Crippen LogP contribution in [0.5, 0.6) is 0 Å². The molecule has 1 aromatic rings. The predicted molar refractivity (Wildman–Crippen MR) is 83.2 cm³/mol. The van der Waals surface area contributed by atoms with Gasteiger partial charge in [0.1, 0.15) is 5.60 Å². The minimum absolute atomic E-state index is 0.284. The summed E-state index contributed by atoms with van der Waals surface area (Å²) in [6.07, 6.45) is 3.20. The van der Waals surface area contributed by atoms with E-state index in [1.807, 2.05) is 0 Å². The van der Waals surface area contributed by atoms with E-state index in [1.165, 1.54) is 6.20 Å². The Morgan fingerprint density at radius 1 is 1.41 bits per heavy atom. The second-order valence-electron chi connectivity index (χ2n) is 5.97. The van der Waals surface area contributed by atoms with Gasteiger partial charge < -0.3 is 4.74 Å². The topological polar surface area (TPSA) is 94.6 Å². The van der Waals surface area contributed by atoms with Crippen LogP contribution in [0.15, 0.2) is 18.5 Å². The van der Waals surface area contributed by atoms with Gasteiger partial charge in [-0.25, -0.2) is 4.79 Å². The molecule has 1 heterocycles. The fourth-order valence-corrected chi connectivity index (χ4v) is 2.43. The van der Waals surface area contributed by atoms with Crippen LogP contribution < -0.4 is 5.32 Å². The summed E-state index contributed by atoms with van der Waals surface area (Å²) >= 11 is 0. The molecule has 1 unspecified atom stereocenters. The summed E-state index contributed by atoms with van der Waals surface area (Å²) in [6.45, 7) is 6.93. The van der Waals surface area contributed by atoms with Crippen LogP contribution in [0.1, 0.15) is 33.3 Å². The van der Waals surface area contributed by atoms with Gasteiger partial charge in [-0.3, -0.25) is 14.5 Å². The van der Waals surface area contributed by atoms with Gasteiger partial charge >= 0.3 is 6.09 Å². The average Bonchev–Trinajstić information content (AvgIpc) is 2.26. The van der Waals surface area contributed by atoms with Crippen LogP contribution in [0.25, 0.3) is 0 Å². The Kier molecular flexibility index (Phi) is 5.90. The monoisotopic (exact) mass is 330 g/mol. The van der Waals surface area contributed by atoms with Crippen molar-refractivity contribution in [1.82, 2.24) is 4.98 Å². The number of aromatic nitrogens is 1. The second-order valence-corrected chi connectivity index (χ2v) is 7.58. The molecule has 0 radical (unpaired) electrons. The number of pyridine rings is 1. The number of rotatable bonds is 5. The Morgan fingerprint density at radius 3 is 2.59 bits per heavy atom. The van der Waals surface area contributed by atoms with Crippen molar-refractivity contribution >= 4 is 21.9 Å². The van der Waals surface area contributed by atoms with Crippen molar-refractivity contribution in [3.63, 3.8) is 0 Å². The highest BCUT2D eigenvalue weighted by atomic mass is 32.2. The molecule has 0 bridgehead atoms. The maximum absolute atomic E-state index is 11.8. The van der Waals surface area contributed by atoms with Crippen molar-refractivity contribution in [3.05, 3.63) is 24.0 Å². The molecule has 0 saturated carbocycles. The van der Waals surface area contributed by atoms with Crippen molar-refractivity contribution in [1.29, 1.82) is 0 Å². The predicted octanol–water partition coefficient (Wildman–Crippen LogP) is 2.34. The normalized spacial score (nSPS) is 13.5. The molecular formula is C14H22N2O5S. The van der Waals surface area contributed by atoms with Crippen LogP contribution in [0.2, 0.25) is 0 Å². The van der Waals surface area contributed by atoms with Crippen molar-refractivity contribution in [3.8, 4) is 0 Å². The Morgan fingerprint density at radius 2 is 2.05 bits per heavy atom. The third-order valence-corrected chi connectivity index (χ3v) is 3.06. The number of nitrogens with zero attached hydrogens (tertiary/aromatic N) is 1. The molecule has 7 nitrogen and oxygen atoms in total. The molecule has 8 heteroatoms. The summed E-state index contributed by atoms with van der Waals surface area (Å²) < 4.78 is 32.3. The van der Waals surface area contributed by atoms with Crippen molar-refractivity contribution in [2.45, 2.75) is 45.8 Å². The minimum Gasteiger partial charge on any atom is -0.444 e. The summed E-state index contributed by atoms with van der Waals surface area (Å²) in [6, 6.07) is 1.62. The van der Waals surface area contributed by atoms with E-state index >= 15 is 0 Å². The zero-order valence-electron chi connectivity index (χ0n) is 13.4. The smallest absolute Gasteiger partial charge is 0.412 e. The lowest BCUT2D eigenvalue weighted by Gasteiger charge is -2.20. The van der Waals surface area contributed by atoms with Gasteiger partial charge in [0.2, 0.25) is 0 Å². The van der Waals surface area contributed by atoms with Gasteiger partial charge in [0.15, 0.2) is 0 Å². The molecule has 1 amide bonds. The number of carbonyl (C=O) groups excluding carboxylic acids is 1. The van der Waals surface area contributed by atoms with Gasteiger partial charge in [-0.05, 0) is 39.3 Å². The standard InChI is InChI=1S/C14H22N2O5S/c1-10(21-22(5,18)19)8-11-9-15-7-6-12(11)16-13(17)20-14(2,3)4/h6-7,9-10H,8H2,1-5H3,(H,15,16,17). The molecule has 1 aromatic heterocycles. The number of ether oxygens (including phenoxy) is 1. The van der Waals surface area contributed by atoms with E-state index in [2.05, 4.69) is 10.3 Å². The van der Waals surface area contributed by atoms with Crippen LogP contribution in [-0.2, 0) is 25.5 Å². The molecule has 0 aliphatic carbocycles. The molecule has 1 N–H and O–H groups in total. The second kappa shape index (κ2) is 7.06. The van der Waals surface area contributed by atoms with E-state index in [4.69, 9.17) is 8.92 Å². The van der Waals surface area contributed by atoms with Gasteiger partial charge in [-0.1, -0.05) is 0 Å². The Hall–Kier alpha value is -1.67. The largest absolute Gasteiger partial charge is 0.444 e. The maximum Gasteiger partial charge on any atom is 0.412 e. The minimum atomic E-state index is -3.54. The molecule has 1 atom stereocenters. The summed E-state index contributed by atoms with van der Waals surface area (Å²) in [7, 11) is -3.54. The van der Waals surface area contributed by atoms with Crippen molar-refractivity contribution < 1.29 is 22.1 Å². The fraction of sp³-hybridized carbons (Fsp3) is 0.571. The maximum atomic E-state index is 11.8. The molecule has 0 saturated heterocycles. The third kappa shape index (κ3) is 7.37. The molecule has 1 rings (SSSR count). The number of nitrogens with one attached hydrogen (secondary N) is 1. The average molecular weight is 330 g/mol. The molecular weight excluding hydrogens is 308 g/mol. The first-order chi connectivity index (χ1) is 9.96. The first kappa shape index (κ1) is 18.4. The van der Waals surface area contributed by atoms with E-state index in [1.54, 1.807) is 40.0 Å². The molecule has 0 spiro atoms. The summed E-state index contributed by atoms with van der Waals surface area (Å²) in [5.41, 5.74) is 0.557. The molecule has 0 aliphatic rings. The van der Waals surface area contributed by atoms with E-state index in [0.717, 1.165) is 6.26 Å². The summed E-state index contributed by atoms with van der Waals surface area (Å²) in [4.78, 5) is 15.8. The first-order valence-corrected chi connectivity index (χ1v) is 8.59. The zero-order chi connectivity index (χ0) is 17.0. The van der Waals surface area contributed by atoms with Crippen LogP contribution in [0.4, 0.5) is 10.5 Å². The SMILES string of the molecule is CC(Cc1cnccc1NC(=O)OC(C)(C)C)OS(C)(=O)=O. The van der Waals surface area contributed by atoms with Crippen LogP contribution in [0, 0.1) is 0 Å². The highest BCUT2D eigenvalue weighted by Crippen LogP contribution is 2.18. The third-order valence-electron chi connectivity index (χ3n) is 2.39. The van der Waals surface area contributed by atoms with Gasteiger partial charge in [-0.15, -0.1) is 0 Å². The van der Waals surface area contributed by atoms with E-state index in [9.17, 15) is 13.2 Å². The number of hydrogen-bond donors (Lipinski definition) is 1. The van der Waals surface area contributed by atoms with Gasteiger partial charge in [-0.2, -0.15) is 8.42 Å². The molecule has 22 heavy (non-hydrogen) atoms. The molecule has 0 fully saturated rings. The first-order valence-electron chi connectivity index (χ1n) is 6.77. The van der Waals surface area contributed by atoms with Crippen molar-refractivity contribution in [2.75, 3.05) is 11.6 Å². The Balaban J connectivity index is 2.80. The Bertz CT molecular complexity index is 622. The lowest BCUT2D eigenvalue weighted by molar-refractivity contribution is 0.0635. The highest BCUT2D eigenvalue weighted by molar-refractivity contribution is 7.86. The van der Waals surface area contributed by atoms with Crippen LogP contribution in [-0.4, -0.2) is 37.5 Å². The molecule has 124 valence electrons. The number of carbonyl (C=O) groups is 1. The van der Waals surface area contributed by atoms with E-state index in [0.29, 0.717) is 11.3 Å². The lowest BCUT2D eigenvalue weighted by atomic mass is 10.1. The molecule has 0 aromatic carbocycles. The Labute approximate surface area is 131 Å². The number of amides is 1. The van der Waals surface area contributed by atoms with Crippen LogP contribution >= 0.6 is 0 Å². The molecule has 0 aliphatic heterocycles. The van der Waals surface area contributed by atoms with E-state index in [-0.39, 0.29) is 6.42 Å². The van der Waals surface area contributed by atoms with Gasteiger partial charge in [0.25, 0.3) is 10.1 Å².